The summed E-state index contributed by atoms with van der Waals surface area (Å²) in [5, 5.41) is 0. The van der Waals surface area contributed by atoms with Gasteiger partial charge in [-0.05, 0) is 39.3 Å². The van der Waals surface area contributed by atoms with E-state index in [2.05, 4.69) is 21.9 Å². The van der Waals surface area contributed by atoms with Gasteiger partial charge in [0.2, 0.25) is 5.95 Å². The average molecular weight is 278 g/mol. The van der Waals surface area contributed by atoms with Gasteiger partial charge in [-0.2, -0.15) is 0 Å². The summed E-state index contributed by atoms with van der Waals surface area (Å²) in [4.78, 5) is 12.9. The van der Waals surface area contributed by atoms with Crippen LogP contribution in [0, 0.1) is 0 Å². The van der Waals surface area contributed by atoms with Crippen LogP contribution in [0.15, 0.2) is 12.4 Å². The van der Waals surface area contributed by atoms with Gasteiger partial charge >= 0.3 is 0 Å². The number of nitrogens with zero attached hydrogens (tertiary/aromatic N) is 4. The van der Waals surface area contributed by atoms with Crippen molar-refractivity contribution in [2.45, 2.75) is 38.3 Å². The van der Waals surface area contributed by atoms with Crippen molar-refractivity contribution in [3.05, 3.63) is 18.0 Å². The van der Waals surface area contributed by atoms with E-state index in [1.165, 1.54) is 25.7 Å². The monoisotopic (exact) mass is 278 g/mol. The van der Waals surface area contributed by atoms with Crippen molar-refractivity contribution in [3.63, 3.8) is 0 Å². The van der Waals surface area contributed by atoms with Crippen molar-refractivity contribution in [1.82, 2.24) is 14.9 Å². The molecule has 1 atom stereocenters. The lowest BCUT2D eigenvalue weighted by molar-refractivity contribution is 0.0995. The minimum atomic E-state index is 0.506. The summed E-state index contributed by atoms with van der Waals surface area (Å²) in [6.07, 6.45) is 9.18. The maximum atomic E-state index is 5.65. The average Bonchev–Trinajstić information content (AvgIpc) is 2.92. The molecule has 20 heavy (non-hydrogen) atoms. The van der Waals surface area contributed by atoms with E-state index in [1.807, 2.05) is 31.4 Å². The van der Waals surface area contributed by atoms with E-state index in [1.54, 1.807) is 0 Å². The second-order valence-electron chi connectivity index (χ2n) is 5.80. The Bertz CT molecular complexity index is 387. The lowest BCUT2D eigenvalue weighted by atomic mass is 10.1. The van der Waals surface area contributed by atoms with E-state index in [9.17, 15) is 0 Å². The van der Waals surface area contributed by atoms with Crippen molar-refractivity contribution in [3.8, 4) is 0 Å². The molecule has 2 rings (SSSR count). The molecule has 0 aromatic carbocycles. The van der Waals surface area contributed by atoms with Crippen molar-refractivity contribution in [1.29, 1.82) is 0 Å². The molecule has 1 aliphatic rings. The van der Waals surface area contributed by atoms with Gasteiger partial charge in [-0.25, -0.2) is 9.97 Å². The van der Waals surface area contributed by atoms with Crippen LogP contribution in [0.25, 0.3) is 0 Å². The standard InChI is InChI=1S/C15H26N4O/c1-18(2)15-16-10-13(11-17-15)12-19(3)8-4-6-14-7-5-9-20-14/h10-11,14H,4-9,12H2,1-3H3. The zero-order chi connectivity index (χ0) is 14.4. The molecular weight excluding hydrogens is 252 g/mol. The molecule has 0 saturated carbocycles. The van der Waals surface area contributed by atoms with E-state index < -0.39 is 0 Å². The van der Waals surface area contributed by atoms with Crippen LogP contribution in [0.4, 0.5) is 5.95 Å². The van der Waals surface area contributed by atoms with Crippen molar-refractivity contribution in [2.75, 3.05) is 39.2 Å². The molecule has 0 spiro atoms. The fraction of sp³-hybridized carbons (Fsp3) is 0.733. The molecule has 1 saturated heterocycles. The normalized spacial score (nSPS) is 18.7. The van der Waals surface area contributed by atoms with E-state index >= 15 is 0 Å². The van der Waals surface area contributed by atoms with Gasteiger partial charge < -0.3 is 14.5 Å². The van der Waals surface area contributed by atoms with E-state index in [0.29, 0.717) is 6.10 Å². The number of hydrogen-bond acceptors (Lipinski definition) is 5. The zero-order valence-corrected chi connectivity index (χ0v) is 12.9. The molecule has 1 aliphatic heterocycles. The van der Waals surface area contributed by atoms with Crippen LogP contribution in [0.1, 0.15) is 31.2 Å². The van der Waals surface area contributed by atoms with Crippen molar-refractivity contribution < 1.29 is 4.74 Å². The summed E-state index contributed by atoms with van der Waals surface area (Å²) in [6, 6.07) is 0. The smallest absolute Gasteiger partial charge is 0.224 e. The Morgan fingerprint density at radius 3 is 2.60 bits per heavy atom. The number of ether oxygens (including phenoxy) is 1. The van der Waals surface area contributed by atoms with Crippen LogP contribution in [0.2, 0.25) is 0 Å². The van der Waals surface area contributed by atoms with E-state index in [0.717, 1.165) is 31.2 Å². The Labute approximate surface area is 122 Å². The molecule has 0 N–H and O–H groups in total. The van der Waals surface area contributed by atoms with Gasteiger partial charge in [0.1, 0.15) is 0 Å². The first kappa shape index (κ1) is 15.2. The van der Waals surface area contributed by atoms with Gasteiger partial charge in [0, 0.05) is 45.2 Å². The number of rotatable bonds is 7. The first-order valence-corrected chi connectivity index (χ1v) is 7.43. The third-order valence-electron chi connectivity index (χ3n) is 3.63. The predicted octanol–water partition coefficient (Wildman–Crippen LogP) is 1.93. The number of hydrogen-bond donors (Lipinski definition) is 0. The highest BCUT2D eigenvalue weighted by Crippen LogP contribution is 2.17. The molecule has 0 aliphatic carbocycles. The summed E-state index contributed by atoms with van der Waals surface area (Å²) in [5.74, 6) is 0.759. The minimum absolute atomic E-state index is 0.506. The summed E-state index contributed by atoms with van der Waals surface area (Å²) in [7, 11) is 6.05. The lowest BCUT2D eigenvalue weighted by Gasteiger charge is -2.18. The minimum Gasteiger partial charge on any atom is -0.378 e. The van der Waals surface area contributed by atoms with E-state index in [4.69, 9.17) is 4.74 Å². The molecule has 112 valence electrons. The molecule has 5 heteroatoms. The fourth-order valence-electron chi connectivity index (χ4n) is 2.51. The predicted molar refractivity (Wildman–Crippen MR) is 80.9 cm³/mol. The second kappa shape index (κ2) is 7.55. The summed E-state index contributed by atoms with van der Waals surface area (Å²) in [6.45, 7) is 2.95. The van der Waals surface area contributed by atoms with Crippen molar-refractivity contribution >= 4 is 5.95 Å². The number of anilines is 1. The third-order valence-corrected chi connectivity index (χ3v) is 3.63. The van der Waals surface area contributed by atoms with Gasteiger partial charge in [-0.15, -0.1) is 0 Å². The van der Waals surface area contributed by atoms with Crippen LogP contribution >= 0.6 is 0 Å². The Hall–Kier alpha value is -1.20. The lowest BCUT2D eigenvalue weighted by Crippen LogP contribution is -2.21. The second-order valence-corrected chi connectivity index (χ2v) is 5.80. The van der Waals surface area contributed by atoms with Crippen LogP contribution in [0.5, 0.6) is 0 Å². The highest BCUT2D eigenvalue weighted by Gasteiger charge is 2.14. The Morgan fingerprint density at radius 2 is 2.00 bits per heavy atom. The SMILES string of the molecule is CN(CCCC1CCCO1)Cc1cnc(N(C)C)nc1. The molecule has 1 unspecified atom stereocenters. The molecular formula is C15H26N4O. The highest BCUT2D eigenvalue weighted by molar-refractivity contribution is 5.26. The summed E-state index contributed by atoms with van der Waals surface area (Å²) in [5.41, 5.74) is 1.16. The largest absolute Gasteiger partial charge is 0.378 e. The van der Waals surface area contributed by atoms with Crippen LogP contribution in [-0.4, -0.2) is 55.3 Å². The van der Waals surface area contributed by atoms with Gasteiger partial charge in [0.25, 0.3) is 0 Å². The molecule has 1 fully saturated rings. The fourth-order valence-corrected chi connectivity index (χ4v) is 2.51. The molecule has 2 heterocycles. The van der Waals surface area contributed by atoms with Gasteiger partial charge in [-0.1, -0.05) is 0 Å². The van der Waals surface area contributed by atoms with Crippen LogP contribution in [0.3, 0.4) is 0 Å². The maximum absolute atomic E-state index is 5.65. The van der Waals surface area contributed by atoms with Crippen LogP contribution < -0.4 is 4.90 Å². The van der Waals surface area contributed by atoms with Gasteiger partial charge in [-0.3, -0.25) is 0 Å². The molecule has 0 amide bonds. The van der Waals surface area contributed by atoms with E-state index in [-0.39, 0.29) is 0 Å². The molecule has 0 radical (unpaired) electrons. The topological polar surface area (TPSA) is 41.5 Å². The highest BCUT2D eigenvalue weighted by atomic mass is 16.5. The molecule has 1 aromatic rings. The molecule has 1 aromatic heterocycles. The molecule has 0 bridgehead atoms. The first-order valence-electron chi connectivity index (χ1n) is 7.43. The Kier molecular flexibility index (Phi) is 5.73. The number of aromatic nitrogens is 2. The first-order chi connectivity index (χ1) is 9.65. The summed E-state index contributed by atoms with van der Waals surface area (Å²) < 4.78 is 5.65. The van der Waals surface area contributed by atoms with Gasteiger partial charge in [0.15, 0.2) is 0 Å². The molecule has 5 nitrogen and oxygen atoms in total. The maximum Gasteiger partial charge on any atom is 0.224 e. The van der Waals surface area contributed by atoms with Gasteiger partial charge in [0.05, 0.1) is 6.10 Å². The Morgan fingerprint density at radius 1 is 1.25 bits per heavy atom. The zero-order valence-electron chi connectivity index (χ0n) is 12.9. The third kappa shape index (κ3) is 4.72. The van der Waals surface area contributed by atoms with Crippen molar-refractivity contribution in [2.24, 2.45) is 0 Å². The van der Waals surface area contributed by atoms with Crippen LogP contribution in [-0.2, 0) is 11.3 Å². The quantitative estimate of drug-likeness (QED) is 0.762. The Balaban J connectivity index is 1.69. The summed E-state index contributed by atoms with van der Waals surface area (Å²) >= 11 is 0.